The van der Waals surface area contributed by atoms with E-state index in [0.29, 0.717) is 34.8 Å². The summed E-state index contributed by atoms with van der Waals surface area (Å²) in [6, 6.07) is 3.28. The van der Waals surface area contributed by atoms with Crippen LogP contribution in [-0.4, -0.2) is 19.3 Å². The Bertz CT molecular complexity index is 456. The largest absolute Gasteiger partial charge is 0.489 e. The number of halogens is 4. The van der Waals surface area contributed by atoms with Crippen molar-refractivity contribution in [3.63, 3.8) is 0 Å². The molecule has 7 heteroatoms. The Balaban J connectivity index is 2.73. The first-order valence-electron chi connectivity index (χ1n) is 5.95. The number of rotatable bonds is 7. The summed E-state index contributed by atoms with van der Waals surface area (Å²) in [6.45, 7) is 2.75. The highest BCUT2D eigenvalue weighted by molar-refractivity contribution is 9.28. The van der Waals surface area contributed by atoms with E-state index in [4.69, 9.17) is 38.4 Å². The maximum absolute atomic E-state index is 6.14. The van der Waals surface area contributed by atoms with Crippen LogP contribution >= 0.6 is 55.1 Å². The molecule has 0 bridgehead atoms. The molecule has 0 radical (unpaired) electrons. The van der Waals surface area contributed by atoms with Crippen LogP contribution in [0.15, 0.2) is 21.6 Å². The molecule has 112 valence electrons. The van der Waals surface area contributed by atoms with Gasteiger partial charge in [0, 0.05) is 18.2 Å². The minimum atomic E-state index is -0.0422. The fraction of sp³-hybridized carbons (Fsp3) is 0.385. The Morgan fingerprint density at radius 2 is 1.90 bits per heavy atom. The molecule has 0 aliphatic rings. The SMILES string of the molecule is CCC(N)COc1c(Cl)cc(OCC=C(Br)Br)cc1Cl. The zero-order chi connectivity index (χ0) is 15.1. The average molecular weight is 448 g/mol. The quantitative estimate of drug-likeness (QED) is 0.631. The molecule has 1 rings (SSSR count). The highest BCUT2D eigenvalue weighted by Crippen LogP contribution is 2.37. The van der Waals surface area contributed by atoms with Crippen LogP contribution in [0.25, 0.3) is 0 Å². The topological polar surface area (TPSA) is 44.5 Å². The summed E-state index contributed by atoms with van der Waals surface area (Å²) in [4.78, 5) is 0. The number of hydrogen-bond acceptors (Lipinski definition) is 3. The molecule has 0 spiro atoms. The first-order chi connectivity index (χ1) is 9.43. The highest BCUT2D eigenvalue weighted by atomic mass is 79.9. The van der Waals surface area contributed by atoms with Crippen molar-refractivity contribution in [3.05, 3.63) is 31.6 Å². The van der Waals surface area contributed by atoms with Gasteiger partial charge in [-0.1, -0.05) is 30.1 Å². The molecule has 0 heterocycles. The molecule has 0 saturated carbocycles. The number of ether oxygens (including phenoxy) is 2. The normalized spacial score (nSPS) is 11.9. The molecule has 1 atom stereocenters. The maximum atomic E-state index is 6.14. The van der Waals surface area contributed by atoms with Gasteiger partial charge in [0.2, 0.25) is 0 Å². The van der Waals surface area contributed by atoms with Crippen LogP contribution in [0.3, 0.4) is 0 Å². The average Bonchev–Trinajstić information content (AvgIpc) is 2.37. The minimum absolute atomic E-state index is 0.0422. The van der Waals surface area contributed by atoms with Gasteiger partial charge in [0.05, 0.1) is 13.4 Å². The van der Waals surface area contributed by atoms with Crippen LogP contribution in [0.5, 0.6) is 11.5 Å². The summed E-state index contributed by atoms with van der Waals surface area (Å²) in [5.41, 5.74) is 5.79. The molecule has 0 aliphatic heterocycles. The van der Waals surface area contributed by atoms with Gasteiger partial charge in [0.15, 0.2) is 5.75 Å². The zero-order valence-electron chi connectivity index (χ0n) is 10.8. The van der Waals surface area contributed by atoms with Crippen molar-refractivity contribution < 1.29 is 9.47 Å². The van der Waals surface area contributed by atoms with Crippen LogP contribution in [0.2, 0.25) is 10.0 Å². The minimum Gasteiger partial charge on any atom is -0.489 e. The molecule has 3 nitrogen and oxygen atoms in total. The molecule has 2 N–H and O–H groups in total. The fourth-order valence-corrected chi connectivity index (χ4v) is 2.11. The summed E-state index contributed by atoms with van der Waals surface area (Å²) in [5, 5.41) is 0.801. The van der Waals surface area contributed by atoms with Crippen LogP contribution in [0.1, 0.15) is 13.3 Å². The predicted octanol–water partition coefficient (Wildman–Crippen LogP) is 5.12. The van der Waals surface area contributed by atoms with Gasteiger partial charge in [0.25, 0.3) is 0 Å². The number of benzene rings is 1. The molecule has 0 aromatic heterocycles. The third kappa shape index (κ3) is 6.22. The van der Waals surface area contributed by atoms with E-state index in [0.717, 1.165) is 9.81 Å². The van der Waals surface area contributed by atoms with Crippen molar-refractivity contribution in [1.82, 2.24) is 0 Å². The fourth-order valence-electron chi connectivity index (χ4n) is 1.27. The third-order valence-electron chi connectivity index (χ3n) is 2.43. The highest BCUT2D eigenvalue weighted by Gasteiger charge is 2.12. The van der Waals surface area contributed by atoms with E-state index in [1.165, 1.54) is 0 Å². The van der Waals surface area contributed by atoms with E-state index < -0.39 is 0 Å². The van der Waals surface area contributed by atoms with Crippen LogP contribution in [0.4, 0.5) is 0 Å². The molecule has 1 aromatic carbocycles. The van der Waals surface area contributed by atoms with Crippen molar-refractivity contribution in [3.8, 4) is 11.5 Å². The van der Waals surface area contributed by atoms with Gasteiger partial charge in [-0.2, -0.15) is 0 Å². The molecule has 1 aromatic rings. The van der Waals surface area contributed by atoms with E-state index in [-0.39, 0.29) is 6.04 Å². The van der Waals surface area contributed by atoms with Crippen molar-refractivity contribution in [2.24, 2.45) is 5.73 Å². The van der Waals surface area contributed by atoms with E-state index in [1.54, 1.807) is 12.1 Å². The van der Waals surface area contributed by atoms with Gasteiger partial charge in [-0.15, -0.1) is 0 Å². The van der Waals surface area contributed by atoms with E-state index in [1.807, 2.05) is 13.0 Å². The van der Waals surface area contributed by atoms with Gasteiger partial charge in [0.1, 0.15) is 19.0 Å². The number of nitrogens with two attached hydrogens (primary N) is 1. The first kappa shape index (κ1) is 18.1. The van der Waals surface area contributed by atoms with Gasteiger partial charge in [-0.05, 0) is 44.4 Å². The maximum Gasteiger partial charge on any atom is 0.156 e. The number of hydrogen-bond donors (Lipinski definition) is 1. The third-order valence-corrected chi connectivity index (χ3v) is 3.63. The molecule has 0 amide bonds. The van der Waals surface area contributed by atoms with Crippen molar-refractivity contribution in [2.75, 3.05) is 13.2 Å². The lowest BCUT2D eigenvalue weighted by Crippen LogP contribution is -2.26. The Kier molecular flexibility index (Phi) is 8.29. The van der Waals surface area contributed by atoms with E-state index >= 15 is 0 Å². The second-order valence-electron chi connectivity index (χ2n) is 4.00. The Morgan fingerprint density at radius 1 is 1.30 bits per heavy atom. The van der Waals surface area contributed by atoms with Crippen LogP contribution in [-0.2, 0) is 0 Å². The molecule has 0 aliphatic carbocycles. The van der Waals surface area contributed by atoms with Gasteiger partial charge in [-0.3, -0.25) is 0 Å². The van der Waals surface area contributed by atoms with Crippen LogP contribution in [0, 0.1) is 0 Å². The van der Waals surface area contributed by atoms with Crippen molar-refractivity contribution in [1.29, 1.82) is 0 Å². The second kappa shape index (κ2) is 9.15. The summed E-state index contributed by atoms with van der Waals surface area (Å²) in [5.74, 6) is 1.01. The Morgan fingerprint density at radius 3 is 2.40 bits per heavy atom. The van der Waals surface area contributed by atoms with Gasteiger partial charge in [-0.25, -0.2) is 0 Å². The summed E-state index contributed by atoms with van der Waals surface area (Å²) in [7, 11) is 0. The van der Waals surface area contributed by atoms with Gasteiger partial charge >= 0.3 is 0 Å². The Hall–Kier alpha value is 0.0600. The summed E-state index contributed by atoms with van der Waals surface area (Å²) in [6.07, 6.45) is 2.64. The molecule has 20 heavy (non-hydrogen) atoms. The lowest BCUT2D eigenvalue weighted by atomic mass is 10.2. The standard InChI is InChI=1S/C13H15Br2Cl2NO2/c1-2-8(18)7-20-13-10(16)5-9(6-11(13)17)19-4-3-12(14)15/h3,5-6,8H,2,4,7,18H2,1H3. The monoisotopic (exact) mass is 445 g/mol. The lowest BCUT2D eigenvalue weighted by molar-refractivity contribution is 0.285. The van der Waals surface area contributed by atoms with Crippen molar-refractivity contribution in [2.45, 2.75) is 19.4 Å². The van der Waals surface area contributed by atoms with Gasteiger partial charge < -0.3 is 15.2 Å². The predicted molar refractivity (Wildman–Crippen MR) is 91.7 cm³/mol. The molecular weight excluding hydrogens is 433 g/mol. The smallest absolute Gasteiger partial charge is 0.156 e. The molecule has 0 fully saturated rings. The van der Waals surface area contributed by atoms with E-state index in [9.17, 15) is 0 Å². The first-order valence-corrected chi connectivity index (χ1v) is 8.29. The zero-order valence-corrected chi connectivity index (χ0v) is 15.5. The molecule has 0 saturated heterocycles. The molecule has 1 unspecified atom stereocenters. The Labute approximate surface area is 145 Å². The second-order valence-corrected chi connectivity index (χ2v) is 7.59. The lowest BCUT2D eigenvalue weighted by Gasteiger charge is -2.14. The van der Waals surface area contributed by atoms with Crippen molar-refractivity contribution >= 4 is 55.1 Å². The van der Waals surface area contributed by atoms with Crippen LogP contribution < -0.4 is 15.2 Å². The van der Waals surface area contributed by atoms with E-state index in [2.05, 4.69) is 31.9 Å². The summed E-state index contributed by atoms with van der Waals surface area (Å²) < 4.78 is 11.9. The molecular formula is C13H15Br2Cl2NO2. The summed E-state index contributed by atoms with van der Waals surface area (Å²) >= 11 is 18.8.